The fourth-order valence-corrected chi connectivity index (χ4v) is 5.18. The van der Waals surface area contributed by atoms with E-state index in [1.54, 1.807) is 49.7 Å². The van der Waals surface area contributed by atoms with Gasteiger partial charge in [-0.2, -0.15) is 0 Å². The van der Waals surface area contributed by atoms with Gasteiger partial charge >= 0.3 is 0 Å². The minimum absolute atomic E-state index is 0.672. The van der Waals surface area contributed by atoms with Crippen LogP contribution in [-0.2, 0) is 5.75 Å². The molecule has 0 aliphatic heterocycles. The Morgan fingerprint density at radius 2 is 1.68 bits per heavy atom. The maximum Gasteiger partial charge on any atom is 0.196 e. The molecule has 3 aromatic heterocycles. The summed E-state index contributed by atoms with van der Waals surface area (Å²) in [6.07, 6.45) is 3.51. The molecule has 0 amide bonds. The Hall–Kier alpha value is -3.69. The molecular weight excluding hydrogens is 466 g/mol. The number of ether oxygens (including phenoxy) is 2. The van der Waals surface area contributed by atoms with Crippen molar-refractivity contribution in [3.8, 4) is 39.1 Å². The highest BCUT2D eigenvalue weighted by atomic mass is 32.2. The predicted octanol–water partition coefficient (Wildman–Crippen LogP) is 5.76. The molecule has 0 bridgehead atoms. The van der Waals surface area contributed by atoms with Crippen LogP contribution in [0.1, 0.15) is 5.69 Å². The molecule has 3 heterocycles. The molecule has 0 radical (unpaired) electrons. The zero-order valence-corrected chi connectivity index (χ0v) is 20.2. The lowest BCUT2D eigenvalue weighted by Gasteiger charge is -2.11. The minimum Gasteiger partial charge on any atom is -0.497 e. The van der Waals surface area contributed by atoms with Gasteiger partial charge in [0.15, 0.2) is 11.0 Å². The molecule has 0 atom stereocenters. The van der Waals surface area contributed by atoms with Crippen LogP contribution in [0.3, 0.4) is 0 Å². The molecule has 5 aromatic rings. The molecule has 0 unspecified atom stereocenters. The summed E-state index contributed by atoms with van der Waals surface area (Å²) in [6.45, 7) is 0. The van der Waals surface area contributed by atoms with Gasteiger partial charge in [0.25, 0.3) is 0 Å². The average Bonchev–Trinajstić information content (AvgIpc) is 3.55. The van der Waals surface area contributed by atoms with Crippen molar-refractivity contribution in [1.29, 1.82) is 0 Å². The maximum atomic E-state index is 5.34. The normalized spacial score (nSPS) is 10.9. The van der Waals surface area contributed by atoms with Gasteiger partial charge < -0.3 is 9.47 Å². The number of pyridine rings is 1. The third kappa shape index (κ3) is 4.66. The SMILES string of the molecule is COc1ccc(-n2c(SCc3csc(-c4cccc(OC)c4)n3)nnc2-c2ccncc2)cc1. The fraction of sp³-hybridized carbons (Fsp3) is 0.120. The number of rotatable bonds is 8. The highest BCUT2D eigenvalue weighted by Crippen LogP contribution is 2.32. The molecule has 5 rings (SSSR count). The quantitative estimate of drug-likeness (QED) is 0.258. The number of thioether (sulfide) groups is 1. The second-order valence-corrected chi connectivity index (χ2v) is 9.04. The number of hydrogen-bond acceptors (Lipinski definition) is 8. The van der Waals surface area contributed by atoms with Crippen molar-refractivity contribution in [3.63, 3.8) is 0 Å². The van der Waals surface area contributed by atoms with Crippen molar-refractivity contribution < 1.29 is 9.47 Å². The summed E-state index contributed by atoms with van der Waals surface area (Å²) in [5, 5.41) is 12.8. The van der Waals surface area contributed by atoms with Gasteiger partial charge in [-0.1, -0.05) is 23.9 Å². The molecule has 9 heteroatoms. The first kappa shape index (κ1) is 22.1. The van der Waals surface area contributed by atoms with E-state index in [9.17, 15) is 0 Å². The van der Waals surface area contributed by atoms with E-state index in [4.69, 9.17) is 14.5 Å². The van der Waals surface area contributed by atoms with Crippen molar-refractivity contribution in [2.45, 2.75) is 10.9 Å². The van der Waals surface area contributed by atoms with Gasteiger partial charge in [-0.3, -0.25) is 9.55 Å². The monoisotopic (exact) mass is 487 g/mol. The van der Waals surface area contributed by atoms with E-state index in [1.165, 1.54) is 0 Å². The molecule has 0 fully saturated rings. The van der Waals surface area contributed by atoms with E-state index < -0.39 is 0 Å². The summed E-state index contributed by atoms with van der Waals surface area (Å²) in [6, 6.07) is 19.7. The van der Waals surface area contributed by atoms with Gasteiger partial charge in [-0.05, 0) is 48.5 Å². The van der Waals surface area contributed by atoms with Crippen molar-refractivity contribution in [2.75, 3.05) is 14.2 Å². The van der Waals surface area contributed by atoms with E-state index in [1.807, 2.05) is 60.7 Å². The Balaban J connectivity index is 1.43. The molecule has 0 spiro atoms. The zero-order valence-electron chi connectivity index (χ0n) is 18.6. The third-order valence-corrected chi connectivity index (χ3v) is 7.02. The Morgan fingerprint density at radius 3 is 2.44 bits per heavy atom. The topological polar surface area (TPSA) is 75.0 Å². The lowest BCUT2D eigenvalue weighted by molar-refractivity contribution is 0.414. The second kappa shape index (κ2) is 10.1. The van der Waals surface area contributed by atoms with E-state index in [0.29, 0.717) is 5.75 Å². The lowest BCUT2D eigenvalue weighted by atomic mass is 10.2. The van der Waals surface area contributed by atoms with Crippen molar-refractivity contribution in [1.82, 2.24) is 24.7 Å². The third-order valence-electron chi connectivity index (χ3n) is 5.12. The van der Waals surface area contributed by atoms with Crippen LogP contribution in [-0.4, -0.2) is 39.0 Å². The van der Waals surface area contributed by atoms with E-state index >= 15 is 0 Å². The van der Waals surface area contributed by atoms with Crippen molar-refractivity contribution >= 4 is 23.1 Å². The van der Waals surface area contributed by atoms with E-state index in [-0.39, 0.29) is 0 Å². The number of benzene rings is 2. The van der Waals surface area contributed by atoms with Crippen molar-refractivity contribution in [3.05, 3.63) is 84.1 Å². The summed E-state index contributed by atoms with van der Waals surface area (Å²) >= 11 is 3.22. The highest BCUT2D eigenvalue weighted by molar-refractivity contribution is 7.98. The fourth-order valence-electron chi connectivity index (χ4n) is 3.42. The number of hydrogen-bond donors (Lipinski definition) is 0. The standard InChI is InChI=1S/C25H21N5O2S2/c1-31-21-8-6-20(7-9-21)30-23(17-10-12-26-13-11-17)28-29-25(30)34-16-19-15-33-24(27-19)18-4-3-5-22(14-18)32-2/h3-15H,16H2,1-2H3. The summed E-state index contributed by atoms with van der Waals surface area (Å²) in [4.78, 5) is 8.94. The number of aromatic nitrogens is 5. The molecule has 0 saturated carbocycles. The number of methoxy groups -OCH3 is 2. The largest absolute Gasteiger partial charge is 0.497 e. The van der Waals surface area contributed by atoms with Gasteiger partial charge in [0.1, 0.15) is 16.5 Å². The Morgan fingerprint density at radius 1 is 0.882 bits per heavy atom. The molecule has 2 aromatic carbocycles. The summed E-state index contributed by atoms with van der Waals surface area (Å²) in [5.41, 5.74) is 3.93. The zero-order chi connectivity index (χ0) is 23.3. The van der Waals surface area contributed by atoms with Gasteiger partial charge in [0.05, 0.1) is 19.9 Å². The van der Waals surface area contributed by atoms with Crippen LogP contribution < -0.4 is 9.47 Å². The summed E-state index contributed by atoms with van der Waals surface area (Å²) < 4.78 is 12.7. The molecule has 0 saturated heterocycles. The van der Waals surface area contributed by atoms with Crippen molar-refractivity contribution in [2.24, 2.45) is 0 Å². The summed E-state index contributed by atoms with van der Waals surface area (Å²) in [5.74, 6) is 3.04. The predicted molar refractivity (Wildman–Crippen MR) is 135 cm³/mol. The first-order chi connectivity index (χ1) is 16.7. The van der Waals surface area contributed by atoms with Crippen LogP contribution in [0, 0.1) is 0 Å². The van der Waals surface area contributed by atoms with E-state index in [0.717, 1.165) is 50.0 Å². The summed E-state index contributed by atoms with van der Waals surface area (Å²) in [7, 11) is 3.33. The van der Waals surface area contributed by atoms with Crippen LogP contribution in [0.25, 0.3) is 27.6 Å². The molecule has 170 valence electrons. The Kier molecular flexibility index (Phi) is 6.55. The molecule has 0 N–H and O–H groups in total. The first-order valence-electron chi connectivity index (χ1n) is 10.5. The minimum atomic E-state index is 0.672. The Bertz CT molecular complexity index is 1380. The highest BCUT2D eigenvalue weighted by Gasteiger charge is 2.17. The van der Waals surface area contributed by atoms with E-state index in [2.05, 4.69) is 25.1 Å². The first-order valence-corrected chi connectivity index (χ1v) is 12.3. The Labute approximate surface area is 205 Å². The van der Waals surface area contributed by atoms with Crippen LogP contribution in [0.5, 0.6) is 11.5 Å². The second-order valence-electron chi connectivity index (χ2n) is 7.24. The van der Waals surface area contributed by atoms with Crippen LogP contribution in [0.2, 0.25) is 0 Å². The molecular formula is C25H21N5O2S2. The van der Waals surface area contributed by atoms with Gasteiger partial charge in [-0.25, -0.2) is 4.98 Å². The van der Waals surface area contributed by atoms with Crippen LogP contribution in [0.4, 0.5) is 0 Å². The molecule has 7 nitrogen and oxygen atoms in total. The molecule has 0 aliphatic carbocycles. The van der Waals surface area contributed by atoms with Crippen LogP contribution >= 0.6 is 23.1 Å². The maximum absolute atomic E-state index is 5.34. The smallest absolute Gasteiger partial charge is 0.196 e. The number of nitrogens with zero attached hydrogens (tertiary/aromatic N) is 5. The van der Waals surface area contributed by atoms with Crippen LogP contribution in [0.15, 0.2) is 83.6 Å². The molecule has 34 heavy (non-hydrogen) atoms. The number of thiazole rings is 1. The van der Waals surface area contributed by atoms with Gasteiger partial charge in [-0.15, -0.1) is 21.5 Å². The van der Waals surface area contributed by atoms with Gasteiger partial charge in [0.2, 0.25) is 0 Å². The lowest BCUT2D eigenvalue weighted by Crippen LogP contribution is -2.00. The average molecular weight is 488 g/mol. The van der Waals surface area contributed by atoms with Gasteiger partial charge in [0, 0.05) is 40.3 Å². The molecule has 0 aliphatic rings.